The van der Waals surface area contributed by atoms with Gasteiger partial charge in [-0.25, -0.2) is 0 Å². The zero-order valence-electron chi connectivity index (χ0n) is 9.69. The Hall–Kier alpha value is -1.14. The van der Waals surface area contributed by atoms with E-state index >= 15 is 0 Å². The van der Waals surface area contributed by atoms with E-state index < -0.39 is 12.0 Å². The molecule has 0 aromatic heterocycles. The molecule has 0 aromatic rings. The molecule has 5 N–H and O–H groups in total. The molecule has 0 aliphatic carbocycles. The van der Waals surface area contributed by atoms with Crippen LogP contribution >= 0.6 is 0 Å². The summed E-state index contributed by atoms with van der Waals surface area (Å²) in [5.41, 5.74) is 11.0. The molecule has 0 aliphatic rings. The number of methoxy groups -OCH3 is 1. The zero-order valence-corrected chi connectivity index (χ0v) is 9.69. The molecule has 1 atom stereocenters. The Bertz CT molecular complexity index is 231. The number of amidine groups is 1. The lowest BCUT2D eigenvalue weighted by Crippen LogP contribution is -2.30. The van der Waals surface area contributed by atoms with Crippen molar-refractivity contribution < 1.29 is 14.6 Å². The fraction of sp³-hybridized carbons (Fsp3) is 0.800. The minimum absolute atomic E-state index is 0.421. The Morgan fingerprint density at radius 2 is 2.19 bits per heavy atom. The third kappa shape index (κ3) is 8.19. The molecule has 0 amide bonds. The van der Waals surface area contributed by atoms with E-state index in [2.05, 4.69) is 4.99 Å². The molecule has 16 heavy (non-hydrogen) atoms. The minimum Gasteiger partial charge on any atom is -0.480 e. The molecule has 0 bridgehead atoms. The Morgan fingerprint density at radius 1 is 1.50 bits per heavy atom. The van der Waals surface area contributed by atoms with Gasteiger partial charge in [0.05, 0.1) is 5.84 Å². The van der Waals surface area contributed by atoms with E-state index in [9.17, 15) is 4.79 Å². The van der Waals surface area contributed by atoms with Crippen molar-refractivity contribution in [1.29, 1.82) is 0 Å². The van der Waals surface area contributed by atoms with Gasteiger partial charge in [0.15, 0.2) is 0 Å². The predicted molar refractivity (Wildman–Crippen MR) is 62.4 cm³/mol. The van der Waals surface area contributed by atoms with Gasteiger partial charge in [0.25, 0.3) is 0 Å². The van der Waals surface area contributed by atoms with Crippen LogP contribution in [-0.2, 0) is 9.53 Å². The summed E-state index contributed by atoms with van der Waals surface area (Å²) in [5.74, 6) is -0.391. The quantitative estimate of drug-likeness (QED) is 0.293. The van der Waals surface area contributed by atoms with E-state index in [1.165, 1.54) is 0 Å². The van der Waals surface area contributed by atoms with E-state index in [0.29, 0.717) is 38.2 Å². The van der Waals surface area contributed by atoms with Crippen molar-refractivity contribution in [2.45, 2.75) is 31.7 Å². The standard InChI is InChI=1S/C10H21N3O3/c1-16-7-3-5-9(12)13-6-2-4-8(11)10(14)15/h8H,2-7,11H2,1H3,(H2,12,13)(H,14,15)/t8-/m0/s1. The van der Waals surface area contributed by atoms with Crippen LogP contribution in [0.15, 0.2) is 4.99 Å². The van der Waals surface area contributed by atoms with Crippen LogP contribution in [0.25, 0.3) is 0 Å². The monoisotopic (exact) mass is 231 g/mol. The second-order valence-corrected chi connectivity index (χ2v) is 3.56. The molecule has 0 saturated carbocycles. The summed E-state index contributed by atoms with van der Waals surface area (Å²) in [6.07, 6.45) is 2.61. The van der Waals surface area contributed by atoms with Crippen LogP contribution in [0.5, 0.6) is 0 Å². The van der Waals surface area contributed by atoms with Crippen molar-refractivity contribution in [2.24, 2.45) is 16.5 Å². The molecule has 0 fully saturated rings. The largest absolute Gasteiger partial charge is 0.480 e. The van der Waals surface area contributed by atoms with E-state index in [-0.39, 0.29) is 0 Å². The first-order valence-corrected chi connectivity index (χ1v) is 5.34. The van der Waals surface area contributed by atoms with Crippen molar-refractivity contribution in [2.75, 3.05) is 20.3 Å². The lowest BCUT2D eigenvalue weighted by Gasteiger charge is -2.04. The fourth-order valence-electron chi connectivity index (χ4n) is 1.13. The molecule has 0 saturated heterocycles. The van der Waals surface area contributed by atoms with Crippen molar-refractivity contribution in [3.05, 3.63) is 0 Å². The molecule has 0 aliphatic heterocycles. The van der Waals surface area contributed by atoms with E-state index in [0.717, 1.165) is 6.42 Å². The maximum atomic E-state index is 10.4. The van der Waals surface area contributed by atoms with Crippen molar-refractivity contribution in [3.8, 4) is 0 Å². The predicted octanol–water partition coefficient (Wildman–Crippen LogP) is -0.0377. The third-order valence-electron chi connectivity index (χ3n) is 2.09. The van der Waals surface area contributed by atoms with Gasteiger partial charge in [-0.15, -0.1) is 0 Å². The van der Waals surface area contributed by atoms with Crippen LogP contribution in [0, 0.1) is 0 Å². The second-order valence-electron chi connectivity index (χ2n) is 3.56. The van der Waals surface area contributed by atoms with Gasteiger partial charge < -0.3 is 21.3 Å². The first kappa shape index (κ1) is 14.9. The van der Waals surface area contributed by atoms with Gasteiger partial charge in [-0.3, -0.25) is 9.79 Å². The molecule has 0 heterocycles. The number of aliphatic imine (C=N–C) groups is 1. The summed E-state index contributed by atoms with van der Waals surface area (Å²) in [7, 11) is 1.64. The highest BCUT2D eigenvalue weighted by Crippen LogP contribution is 1.96. The van der Waals surface area contributed by atoms with Crippen LogP contribution in [0.4, 0.5) is 0 Å². The average Bonchev–Trinajstić information content (AvgIpc) is 2.24. The normalized spacial score (nSPS) is 13.8. The van der Waals surface area contributed by atoms with Gasteiger partial charge in [-0.05, 0) is 19.3 Å². The summed E-state index contributed by atoms with van der Waals surface area (Å²) in [6, 6.07) is -0.801. The Balaban J connectivity index is 3.54. The highest BCUT2D eigenvalue weighted by atomic mass is 16.5. The van der Waals surface area contributed by atoms with Gasteiger partial charge in [-0.1, -0.05) is 0 Å². The SMILES string of the molecule is COCCCC(N)=NCCC[C@H](N)C(=O)O. The minimum atomic E-state index is -0.975. The molecule has 0 aromatic carbocycles. The molecule has 0 spiro atoms. The number of carbonyl (C=O) groups is 1. The van der Waals surface area contributed by atoms with Crippen LogP contribution in [0.3, 0.4) is 0 Å². The lowest BCUT2D eigenvalue weighted by atomic mass is 10.2. The Morgan fingerprint density at radius 3 is 2.75 bits per heavy atom. The van der Waals surface area contributed by atoms with Crippen molar-refractivity contribution in [1.82, 2.24) is 0 Å². The van der Waals surface area contributed by atoms with Crippen LogP contribution in [0.2, 0.25) is 0 Å². The summed E-state index contributed by atoms with van der Waals surface area (Å²) < 4.78 is 4.88. The summed E-state index contributed by atoms with van der Waals surface area (Å²) in [6.45, 7) is 1.19. The number of carboxylic acids is 1. The number of ether oxygens (including phenoxy) is 1. The Labute approximate surface area is 95.7 Å². The average molecular weight is 231 g/mol. The summed E-state index contributed by atoms with van der Waals surface area (Å²) in [5, 5.41) is 8.53. The maximum absolute atomic E-state index is 10.4. The van der Waals surface area contributed by atoms with E-state index in [1.54, 1.807) is 7.11 Å². The topological polar surface area (TPSA) is 111 Å². The first-order chi connectivity index (χ1) is 7.57. The number of carboxylic acid groups (broad SMARTS) is 1. The number of nitrogens with zero attached hydrogens (tertiary/aromatic N) is 1. The fourth-order valence-corrected chi connectivity index (χ4v) is 1.13. The first-order valence-electron chi connectivity index (χ1n) is 5.34. The van der Waals surface area contributed by atoms with E-state index in [4.69, 9.17) is 21.3 Å². The van der Waals surface area contributed by atoms with Crippen molar-refractivity contribution >= 4 is 11.8 Å². The highest BCUT2D eigenvalue weighted by Gasteiger charge is 2.09. The number of rotatable bonds is 9. The highest BCUT2D eigenvalue weighted by molar-refractivity contribution is 5.80. The van der Waals surface area contributed by atoms with Crippen molar-refractivity contribution in [3.63, 3.8) is 0 Å². The van der Waals surface area contributed by atoms with Gasteiger partial charge in [0.2, 0.25) is 0 Å². The van der Waals surface area contributed by atoms with Crippen LogP contribution in [-0.4, -0.2) is 43.2 Å². The molecule has 0 rings (SSSR count). The second kappa shape index (κ2) is 9.11. The molecule has 6 heteroatoms. The molecule has 6 nitrogen and oxygen atoms in total. The van der Waals surface area contributed by atoms with Gasteiger partial charge in [0, 0.05) is 26.7 Å². The van der Waals surface area contributed by atoms with Crippen LogP contribution in [0.1, 0.15) is 25.7 Å². The Kier molecular flexibility index (Phi) is 8.46. The van der Waals surface area contributed by atoms with Gasteiger partial charge in [0.1, 0.15) is 6.04 Å². The summed E-state index contributed by atoms with van der Waals surface area (Å²) >= 11 is 0. The lowest BCUT2D eigenvalue weighted by molar-refractivity contribution is -0.138. The molecule has 0 unspecified atom stereocenters. The number of nitrogens with two attached hydrogens (primary N) is 2. The zero-order chi connectivity index (χ0) is 12.4. The summed E-state index contributed by atoms with van der Waals surface area (Å²) in [4.78, 5) is 14.5. The maximum Gasteiger partial charge on any atom is 0.320 e. The number of hydrogen-bond acceptors (Lipinski definition) is 4. The molecular weight excluding hydrogens is 210 g/mol. The number of aliphatic carboxylic acids is 1. The molecule has 0 radical (unpaired) electrons. The van der Waals surface area contributed by atoms with Crippen LogP contribution < -0.4 is 11.5 Å². The molecule has 94 valence electrons. The smallest absolute Gasteiger partial charge is 0.320 e. The van der Waals surface area contributed by atoms with E-state index in [1.807, 2.05) is 0 Å². The van der Waals surface area contributed by atoms with Gasteiger partial charge in [-0.2, -0.15) is 0 Å². The van der Waals surface area contributed by atoms with Gasteiger partial charge >= 0.3 is 5.97 Å². The molecular formula is C10H21N3O3. The third-order valence-corrected chi connectivity index (χ3v) is 2.09. The number of hydrogen-bond donors (Lipinski definition) is 3.